The van der Waals surface area contributed by atoms with Crippen LogP contribution in [0.3, 0.4) is 0 Å². The van der Waals surface area contributed by atoms with Crippen molar-refractivity contribution in [2.45, 2.75) is 26.0 Å². The third-order valence-electron chi connectivity index (χ3n) is 2.91. The molecule has 2 aromatic rings. The number of hydrogen-bond donors (Lipinski definition) is 1. The van der Waals surface area contributed by atoms with Crippen LogP contribution in [0.5, 0.6) is 5.75 Å². The van der Waals surface area contributed by atoms with Crippen molar-refractivity contribution in [3.63, 3.8) is 0 Å². The molecule has 0 fully saturated rings. The Morgan fingerprint density at radius 1 is 1.10 bits per heavy atom. The molecule has 2 N–H and O–H groups in total. The average Bonchev–Trinajstić information content (AvgIpc) is 2.38. The van der Waals surface area contributed by atoms with Gasteiger partial charge in [0.25, 0.3) is 0 Å². The lowest BCUT2D eigenvalue weighted by Crippen LogP contribution is -2.12. The molecule has 2 rings (SSSR count). The summed E-state index contributed by atoms with van der Waals surface area (Å²) in [6.45, 7) is 3.94. The van der Waals surface area contributed by atoms with E-state index in [9.17, 15) is 4.39 Å². The molecule has 106 valence electrons. The van der Waals surface area contributed by atoms with E-state index in [1.54, 1.807) is 6.07 Å². The second-order valence-electron chi connectivity index (χ2n) is 4.88. The minimum Gasteiger partial charge on any atom is -0.491 e. The van der Waals surface area contributed by atoms with Crippen molar-refractivity contribution < 1.29 is 9.13 Å². The van der Waals surface area contributed by atoms with Gasteiger partial charge in [-0.3, -0.25) is 0 Å². The molecule has 2 nitrogen and oxygen atoms in total. The van der Waals surface area contributed by atoms with Crippen LogP contribution in [0.4, 0.5) is 4.39 Å². The van der Waals surface area contributed by atoms with Gasteiger partial charge in [-0.05, 0) is 49.2 Å². The molecule has 1 atom stereocenters. The first kappa shape index (κ1) is 14.8. The highest BCUT2D eigenvalue weighted by Crippen LogP contribution is 2.28. The van der Waals surface area contributed by atoms with E-state index in [2.05, 4.69) is 0 Å². The number of rotatable bonds is 4. The largest absolute Gasteiger partial charge is 0.491 e. The van der Waals surface area contributed by atoms with Gasteiger partial charge >= 0.3 is 0 Å². The van der Waals surface area contributed by atoms with E-state index in [0.29, 0.717) is 10.6 Å². The van der Waals surface area contributed by atoms with Gasteiger partial charge in [0, 0.05) is 5.02 Å². The van der Waals surface area contributed by atoms with Crippen LogP contribution in [-0.4, -0.2) is 6.10 Å². The molecule has 2 aromatic carbocycles. The summed E-state index contributed by atoms with van der Waals surface area (Å²) in [6, 6.07) is 11.4. The van der Waals surface area contributed by atoms with Gasteiger partial charge in [-0.15, -0.1) is 0 Å². The van der Waals surface area contributed by atoms with E-state index in [4.69, 9.17) is 22.1 Å². The first-order chi connectivity index (χ1) is 9.47. The molecular formula is C16H17ClFNO. The van der Waals surface area contributed by atoms with E-state index in [0.717, 1.165) is 11.3 Å². The molecular weight excluding hydrogens is 277 g/mol. The van der Waals surface area contributed by atoms with Crippen molar-refractivity contribution in [2.75, 3.05) is 0 Å². The second kappa shape index (κ2) is 6.25. The SMILES string of the molecule is CC(C)Oc1ccc(C(N)c2ccc(F)cc2Cl)cc1. The summed E-state index contributed by atoms with van der Waals surface area (Å²) in [5, 5.41) is 0.333. The van der Waals surface area contributed by atoms with Gasteiger partial charge in [-0.2, -0.15) is 0 Å². The molecule has 0 aliphatic heterocycles. The number of benzene rings is 2. The fraction of sp³-hybridized carbons (Fsp3) is 0.250. The number of hydrogen-bond acceptors (Lipinski definition) is 2. The predicted octanol–water partition coefficient (Wildman–Crippen LogP) is 4.31. The second-order valence-corrected chi connectivity index (χ2v) is 5.29. The van der Waals surface area contributed by atoms with Crippen molar-refractivity contribution in [2.24, 2.45) is 5.73 Å². The Bertz CT molecular complexity index is 584. The Kier molecular flexibility index (Phi) is 4.63. The maximum atomic E-state index is 13.0. The van der Waals surface area contributed by atoms with Gasteiger partial charge < -0.3 is 10.5 Å². The summed E-state index contributed by atoms with van der Waals surface area (Å²) in [4.78, 5) is 0. The van der Waals surface area contributed by atoms with Crippen LogP contribution in [0.2, 0.25) is 5.02 Å². The molecule has 4 heteroatoms. The standard InChI is InChI=1S/C16H17ClFNO/c1-10(2)20-13-6-3-11(4-7-13)16(19)14-8-5-12(18)9-15(14)17/h3-10,16H,19H2,1-2H3. The van der Waals surface area contributed by atoms with Crippen molar-refractivity contribution in [1.82, 2.24) is 0 Å². The number of nitrogens with two attached hydrogens (primary N) is 1. The maximum Gasteiger partial charge on any atom is 0.124 e. The Balaban J connectivity index is 2.22. The van der Waals surface area contributed by atoms with Gasteiger partial charge in [0.2, 0.25) is 0 Å². The highest BCUT2D eigenvalue weighted by atomic mass is 35.5. The minimum absolute atomic E-state index is 0.126. The zero-order valence-corrected chi connectivity index (χ0v) is 12.2. The highest BCUT2D eigenvalue weighted by Gasteiger charge is 2.13. The molecule has 0 aliphatic carbocycles. The summed E-state index contributed by atoms with van der Waals surface area (Å²) in [5.74, 6) is 0.424. The molecule has 0 aliphatic rings. The Labute approximate surface area is 123 Å². The van der Waals surface area contributed by atoms with Crippen LogP contribution in [0, 0.1) is 5.82 Å². The topological polar surface area (TPSA) is 35.2 Å². The first-order valence-corrected chi connectivity index (χ1v) is 6.82. The van der Waals surface area contributed by atoms with Crippen LogP contribution in [-0.2, 0) is 0 Å². The fourth-order valence-electron chi connectivity index (χ4n) is 1.96. The van der Waals surface area contributed by atoms with E-state index >= 15 is 0 Å². The van der Waals surface area contributed by atoms with Gasteiger partial charge in [-0.1, -0.05) is 29.8 Å². The molecule has 0 heterocycles. The Morgan fingerprint density at radius 3 is 2.30 bits per heavy atom. The number of ether oxygens (including phenoxy) is 1. The smallest absolute Gasteiger partial charge is 0.124 e. The van der Waals surface area contributed by atoms with Crippen molar-refractivity contribution in [3.05, 3.63) is 64.4 Å². The average molecular weight is 294 g/mol. The summed E-state index contributed by atoms with van der Waals surface area (Å²) in [6.07, 6.45) is 0.126. The van der Waals surface area contributed by atoms with Crippen LogP contribution in [0.15, 0.2) is 42.5 Å². The van der Waals surface area contributed by atoms with Gasteiger partial charge in [0.15, 0.2) is 0 Å². The molecule has 0 saturated carbocycles. The van der Waals surface area contributed by atoms with E-state index in [-0.39, 0.29) is 11.9 Å². The molecule has 0 bridgehead atoms. The summed E-state index contributed by atoms with van der Waals surface area (Å²) < 4.78 is 18.6. The molecule has 1 unspecified atom stereocenters. The van der Waals surface area contributed by atoms with Gasteiger partial charge in [-0.25, -0.2) is 4.39 Å². The summed E-state index contributed by atoms with van der Waals surface area (Å²) in [7, 11) is 0. The predicted molar refractivity (Wildman–Crippen MR) is 79.6 cm³/mol. The van der Waals surface area contributed by atoms with Crippen LogP contribution in [0.25, 0.3) is 0 Å². The number of halogens is 2. The third-order valence-corrected chi connectivity index (χ3v) is 3.24. The quantitative estimate of drug-likeness (QED) is 0.911. The monoisotopic (exact) mass is 293 g/mol. The van der Waals surface area contributed by atoms with Gasteiger partial charge in [0.1, 0.15) is 11.6 Å². The zero-order valence-electron chi connectivity index (χ0n) is 11.4. The summed E-state index contributed by atoms with van der Waals surface area (Å²) >= 11 is 6.03. The third kappa shape index (κ3) is 3.50. The fourth-order valence-corrected chi connectivity index (χ4v) is 2.24. The molecule has 0 amide bonds. The van der Waals surface area contributed by atoms with Crippen LogP contribution < -0.4 is 10.5 Å². The molecule has 0 radical (unpaired) electrons. The summed E-state index contributed by atoms with van der Waals surface area (Å²) in [5.41, 5.74) is 7.77. The Morgan fingerprint density at radius 2 is 1.75 bits per heavy atom. The molecule has 20 heavy (non-hydrogen) atoms. The van der Waals surface area contributed by atoms with Crippen molar-refractivity contribution in [1.29, 1.82) is 0 Å². The lowest BCUT2D eigenvalue weighted by atomic mass is 9.99. The zero-order chi connectivity index (χ0) is 14.7. The Hall–Kier alpha value is -1.58. The van der Waals surface area contributed by atoms with Crippen LogP contribution in [0.1, 0.15) is 31.0 Å². The van der Waals surface area contributed by atoms with Crippen molar-refractivity contribution >= 4 is 11.6 Å². The maximum absolute atomic E-state index is 13.0. The van der Waals surface area contributed by atoms with Crippen LogP contribution >= 0.6 is 11.6 Å². The normalized spacial score (nSPS) is 12.5. The molecule has 0 spiro atoms. The van der Waals surface area contributed by atoms with Gasteiger partial charge in [0.05, 0.1) is 12.1 Å². The first-order valence-electron chi connectivity index (χ1n) is 6.44. The lowest BCUT2D eigenvalue weighted by Gasteiger charge is -2.15. The van der Waals surface area contributed by atoms with E-state index in [1.807, 2.05) is 38.1 Å². The highest BCUT2D eigenvalue weighted by molar-refractivity contribution is 6.31. The minimum atomic E-state index is -0.392. The molecule has 0 saturated heterocycles. The van der Waals surface area contributed by atoms with Crippen molar-refractivity contribution in [3.8, 4) is 5.75 Å². The lowest BCUT2D eigenvalue weighted by molar-refractivity contribution is 0.242. The van der Waals surface area contributed by atoms with E-state index in [1.165, 1.54) is 12.1 Å². The molecule has 0 aromatic heterocycles. The van der Waals surface area contributed by atoms with E-state index < -0.39 is 6.04 Å².